The summed E-state index contributed by atoms with van der Waals surface area (Å²) >= 11 is 0. The summed E-state index contributed by atoms with van der Waals surface area (Å²) in [5.41, 5.74) is 4.22. The average molecular weight is 524 g/mol. The van der Waals surface area contributed by atoms with Gasteiger partial charge in [-0.2, -0.15) is 0 Å². The van der Waals surface area contributed by atoms with Crippen molar-refractivity contribution in [2.24, 2.45) is 0 Å². The van der Waals surface area contributed by atoms with E-state index in [0.29, 0.717) is 33.7 Å². The number of imide groups is 3. The highest BCUT2D eigenvalue weighted by Crippen LogP contribution is 2.31. The summed E-state index contributed by atoms with van der Waals surface area (Å²) in [6, 6.07) is 14.4. The molecule has 2 aliphatic rings. The molecule has 1 fully saturated rings. The first kappa shape index (κ1) is 25.6. The quantitative estimate of drug-likeness (QED) is 0.306. The second-order valence-electron chi connectivity index (χ2n) is 9.52. The van der Waals surface area contributed by atoms with Crippen molar-refractivity contribution < 1.29 is 28.7 Å². The first-order valence-corrected chi connectivity index (χ1v) is 12.2. The van der Waals surface area contributed by atoms with Crippen LogP contribution in [0.1, 0.15) is 48.5 Å². The minimum Gasteiger partial charge on any atom is -0.496 e. The molecule has 2 heterocycles. The van der Waals surface area contributed by atoms with Crippen LogP contribution in [-0.4, -0.2) is 41.7 Å². The molecule has 9 nitrogen and oxygen atoms in total. The van der Waals surface area contributed by atoms with Gasteiger partial charge in [0.15, 0.2) is 0 Å². The van der Waals surface area contributed by atoms with Crippen molar-refractivity contribution >= 4 is 41.4 Å². The highest BCUT2D eigenvalue weighted by Gasteiger charge is 2.38. The summed E-state index contributed by atoms with van der Waals surface area (Å²) in [5.74, 6) is -1.98. The van der Waals surface area contributed by atoms with E-state index in [4.69, 9.17) is 4.74 Å². The molecule has 2 aliphatic heterocycles. The maximum absolute atomic E-state index is 13.5. The molecule has 0 aliphatic carbocycles. The third-order valence-corrected chi connectivity index (χ3v) is 6.78. The van der Waals surface area contributed by atoms with E-state index in [1.54, 1.807) is 56.3 Å². The lowest BCUT2D eigenvalue weighted by atomic mass is 10.0. The van der Waals surface area contributed by atoms with Gasteiger partial charge >= 0.3 is 6.03 Å². The number of aryl methyl sites for hydroxylation is 3. The fraction of sp³-hybridized carbons (Fsp3) is 0.167. The Balaban J connectivity index is 1.50. The zero-order valence-electron chi connectivity index (χ0n) is 21.8. The van der Waals surface area contributed by atoms with Crippen LogP contribution in [0.15, 0.2) is 60.2 Å². The van der Waals surface area contributed by atoms with Gasteiger partial charge < -0.3 is 4.74 Å². The number of nitrogens with zero attached hydrogens (tertiary/aromatic N) is 2. The van der Waals surface area contributed by atoms with E-state index in [1.807, 2.05) is 19.1 Å². The molecule has 3 aromatic carbocycles. The normalized spacial score (nSPS) is 16.2. The van der Waals surface area contributed by atoms with Gasteiger partial charge in [-0.05, 0) is 67.8 Å². The summed E-state index contributed by atoms with van der Waals surface area (Å²) < 4.78 is 5.45. The average Bonchev–Trinajstić information content (AvgIpc) is 3.13. The molecule has 1 saturated heterocycles. The Morgan fingerprint density at radius 3 is 2.03 bits per heavy atom. The van der Waals surface area contributed by atoms with E-state index < -0.39 is 29.7 Å². The van der Waals surface area contributed by atoms with Gasteiger partial charge in [0.25, 0.3) is 23.6 Å². The number of amides is 6. The minimum absolute atomic E-state index is 0.0704. The lowest BCUT2D eigenvalue weighted by Gasteiger charge is -2.29. The van der Waals surface area contributed by atoms with Crippen LogP contribution in [0.25, 0.3) is 6.08 Å². The Labute approximate surface area is 224 Å². The van der Waals surface area contributed by atoms with E-state index in [9.17, 15) is 24.0 Å². The lowest BCUT2D eigenvalue weighted by Crippen LogP contribution is -2.54. The van der Waals surface area contributed by atoms with Crippen molar-refractivity contribution in [1.29, 1.82) is 0 Å². The molecular formula is C30H25N3O6. The first-order valence-electron chi connectivity index (χ1n) is 12.2. The first-order chi connectivity index (χ1) is 18.6. The number of fused-ring (bicyclic) bond motifs is 1. The predicted molar refractivity (Wildman–Crippen MR) is 143 cm³/mol. The molecule has 0 aromatic heterocycles. The Hall–Kier alpha value is -5.05. The number of nitrogens with one attached hydrogen (secondary N) is 1. The predicted octanol–water partition coefficient (Wildman–Crippen LogP) is 4.08. The number of benzene rings is 3. The molecule has 0 unspecified atom stereocenters. The third-order valence-electron chi connectivity index (χ3n) is 6.78. The molecule has 3 aromatic rings. The van der Waals surface area contributed by atoms with Crippen molar-refractivity contribution in [2.75, 3.05) is 12.0 Å². The van der Waals surface area contributed by atoms with Crippen molar-refractivity contribution in [2.45, 2.75) is 27.3 Å². The fourth-order valence-corrected chi connectivity index (χ4v) is 5.12. The van der Waals surface area contributed by atoms with Crippen LogP contribution in [-0.2, 0) is 16.1 Å². The zero-order chi connectivity index (χ0) is 28.0. The minimum atomic E-state index is -0.821. The summed E-state index contributed by atoms with van der Waals surface area (Å²) in [7, 11) is 1.47. The van der Waals surface area contributed by atoms with Crippen molar-refractivity contribution in [3.8, 4) is 5.75 Å². The van der Waals surface area contributed by atoms with Gasteiger partial charge in [-0.3, -0.25) is 29.4 Å². The molecule has 9 heteroatoms. The van der Waals surface area contributed by atoms with Gasteiger partial charge in [-0.15, -0.1) is 0 Å². The molecule has 0 spiro atoms. The Morgan fingerprint density at radius 2 is 1.44 bits per heavy atom. The van der Waals surface area contributed by atoms with Crippen LogP contribution in [0.4, 0.5) is 10.5 Å². The van der Waals surface area contributed by atoms with E-state index in [1.165, 1.54) is 13.2 Å². The zero-order valence-corrected chi connectivity index (χ0v) is 21.8. The van der Waals surface area contributed by atoms with Gasteiger partial charge in [-0.1, -0.05) is 35.9 Å². The lowest BCUT2D eigenvalue weighted by molar-refractivity contribution is -0.122. The number of methoxy groups -OCH3 is 1. The number of barbiturate groups is 1. The Bertz CT molecular complexity index is 1580. The number of anilines is 1. The second kappa shape index (κ2) is 9.68. The van der Waals surface area contributed by atoms with E-state index in [2.05, 4.69) is 5.32 Å². The van der Waals surface area contributed by atoms with Gasteiger partial charge in [-0.25, -0.2) is 9.69 Å². The van der Waals surface area contributed by atoms with E-state index >= 15 is 0 Å². The maximum Gasteiger partial charge on any atom is 0.335 e. The third kappa shape index (κ3) is 4.37. The van der Waals surface area contributed by atoms with E-state index in [-0.39, 0.29) is 12.1 Å². The molecule has 0 saturated carbocycles. The molecule has 1 N–H and O–H groups in total. The van der Waals surface area contributed by atoms with Gasteiger partial charge in [0, 0.05) is 5.56 Å². The molecule has 0 bridgehead atoms. The monoisotopic (exact) mass is 523 g/mol. The number of rotatable bonds is 5. The molecular weight excluding hydrogens is 498 g/mol. The van der Waals surface area contributed by atoms with Gasteiger partial charge in [0.05, 0.1) is 30.5 Å². The van der Waals surface area contributed by atoms with Crippen LogP contribution >= 0.6 is 0 Å². The SMILES string of the molecule is COc1ccc(/C=C2/C(=O)NC(=O)N(c3c(C)cc(C)cc3C)C2=O)cc1CN1C(=O)c2ccccc2C1=O. The van der Waals surface area contributed by atoms with Crippen molar-refractivity contribution in [1.82, 2.24) is 10.2 Å². The number of carbonyl (C=O) groups is 5. The summed E-state index contributed by atoms with van der Waals surface area (Å²) in [6.07, 6.45) is 1.38. The Kier molecular flexibility index (Phi) is 6.35. The largest absolute Gasteiger partial charge is 0.496 e. The maximum atomic E-state index is 13.5. The Morgan fingerprint density at radius 1 is 0.821 bits per heavy atom. The van der Waals surface area contributed by atoms with Crippen LogP contribution in [0.2, 0.25) is 0 Å². The van der Waals surface area contributed by atoms with Crippen LogP contribution in [0.3, 0.4) is 0 Å². The number of carbonyl (C=O) groups excluding carboxylic acids is 5. The smallest absolute Gasteiger partial charge is 0.335 e. The van der Waals surface area contributed by atoms with Crippen LogP contribution in [0.5, 0.6) is 5.75 Å². The standard InChI is InChI=1S/C30H25N3O6/c1-16-11-17(2)25(18(3)12-16)33-29(37)23(26(34)31-30(33)38)14-19-9-10-24(39-4)20(13-19)15-32-27(35)21-7-5-6-8-22(21)28(32)36/h5-14H,15H2,1-4H3,(H,31,34,38)/b23-14-. The highest BCUT2D eigenvalue weighted by atomic mass is 16.5. The summed E-state index contributed by atoms with van der Waals surface area (Å²) in [5, 5.41) is 2.25. The van der Waals surface area contributed by atoms with E-state index in [0.717, 1.165) is 26.5 Å². The number of hydrogen-bond donors (Lipinski definition) is 1. The summed E-state index contributed by atoms with van der Waals surface area (Å²) in [6.45, 7) is 5.44. The number of ether oxygens (including phenoxy) is 1. The van der Waals surface area contributed by atoms with Crippen molar-refractivity contribution in [3.05, 3.63) is 99.1 Å². The van der Waals surface area contributed by atoms with Gasteiger partial charge in [0.2, 0.25) is 0 Å². The fourth-order valence-electron chi connectivity index (χ4n) is 5.12. The second-order valence-corrected chi connectivity index (χ2v) is 9.52. The molecule has 0 atom stereocenters. The number of urea groups is 1. The number of hydrogen-bond acceptors (Lipinski definition) is 6. The van der Waals surface area contributed by atoms with Crippen molar-refractivity contribution in [3.63, 3.8) is 0 Å². The molecule has 6 amide bonds. The van der Waals surface area contributed by atoms with Gasteiger partial charge in [0.1, 0.15) is 11.3 Å². The van der Waals surface area contributed by atoms with Crippen LogP contribution < -0.4 is 15.0 Å². The molecule has 0 radical (unpaired) electrons. The summed E-state index contributed by atoms with van der Waals surface area (Å²) in [4.78, 5) is 66.9. The molecule has 5 rings (SSSR count). The topological polar surface area (TPSA) is 113 Å². The molecule has 39 heavy (non-hydrogen) atoms. The molecule has 196 valence electrons. The van der Waals surface area contributed by atoms with Crippen LogP contribution in [0, 0.1) is 20.8 Å². The highest BCUT2D eigenvalue weighted by molar-refractivity contribution is 6.39.